The SMILES string of the molecule is CCOC(=O)c1ccc(OCCc2csc3nc4n(c(=O)c23)C(N(C)C)N(Cc2cccc(C)c2)C4=O)cc1. The van der Waals surface area contributed by atoms with Crippen LogP contribution in [-0.2, 0) is 17.7 Å². The van der Waals surface area contributed by atoms with Crippen molar-refractivity contribution < 1.29 is 19.1 Å². The lowest BCUT2D eigenvalue weighted by atomic mass is 10.1. The van der Waals surface area contributed by atoms with Crippen LogP contribution in [0.2, 0.25) is 0 Å². The molecule has 0 saturated heterocycles. The molecule has 1 aliphatic rings. The van der Waals surface area contributed by atoms with Gasteiger partial charge in [0, 0.05) is 13.0 Å². The molecule has 10 heteroatoms. The average molecular weight is 547 g/mol. The number of benzene rings is 2. The Morgan fingerprint density at radius 1 is 1.13 bits per heavy atom. The van der Waals surface area contributed by atoms with Gasteiger partial charge in [0.1, 0.15) is 10.6 Å². The Labute approximate surface area is 230 Å². The molecule has 39 heavy (non-hydrogen) atoms. The van der Waals surface area contributed by atoms with E-state index in [2.05, 4.69) is 4.98 Å². The molecule has 0 spiro atoms. The first kappa shape index (κ1) is 26.6. The molecule has 0 radical (unpaired) electrons. The monoisotopic (exact) mass is 546 g/mol. The van der Waals surface area contributed by atoms with Crippen LogP contribution >= 0.6 is 11.3 Å². The first-order chi connectivity index (χ1) is 18.8. The number of nitrogens with zero attached hydrogens (tertiary/aromatic N) is 4. The summed E-state index contributed by atoms with van der Waals surface area (Å²) in [5.41, 5.74) is 3.15. The molecule has 202 valence electrons. The summed E-state index contributed by atoms with van der Waals surface area (Å²) in [4.78, 5) is 47.9. The molecule has 2 aromatic heterocycles. The third-order valence-corrected chi connectivity index (χ3v) is 7.50. The lowest BCUT2D eigenvalue weighted by molar-refractivity contribution is 0.0325. The number of carbonyl (C=O) groups is 2. The fourth-order valence-electron chi connectivity index (χ4n) is 4.83. The number of carbonyl (C=O) groups excluding carboxylic acids is 2. The number of esters is 1. The minimum Gasteiger partial charge on any atom is -0.493 e. The summed E-state index contributed by atoms with van der Waals surface area (Å²) in [5, 5.41) is 2.42. The van der Waals surface area contributed by atoms with Crippen LogP contribution in [0.15, 0.2) is 58.7 Å². The number of fused-ring (bicyclic) bond motifs is 2. The Bertz CT molecular complexity index is 1590. The zero-order valence-corrected chi connectivity index (χ0v) is 23.2. The summed E-state index contributed by atoms with van der Waals surface area (Å²) in [6, 6.07) is 14.8. The highest BCUT2D eigenvalue weighted by molar-refractivity contribution is 7.16. The van der Waals surface area contributed by atoms with Gasteiger partial charge in [0.2, 0.25) is 5.82 Å². The molecule has 4 aromatic rings. The molecule has 0 bridgehead atoms. The molecule has 0 aliphatic carbocycles. The highest BCUT2D eigenvalue weighted by atomic mass is 32.1. The van der Waals surface area contributed by atoms with Crippen molar-refractivity contribution in [2.45, 2.75) is 33.1 Å². The van der Waals surface area contributed by atoms with Gasteiger partial charge in [0.15, 0.2) is 6.29 Å². The van der Waals surface area contributed by atoms with Crippen LogP contribution in [0.25, 0.3) is 10.2 Å². The quantitative estimate of drug-likeness (QED) is 0.290. The number of hydrogen-bond donors (Lipinski definition) is 0. The van der Waals surface area contributed by atoms with Crippen molar-refractivity contribution in [1.82, 2.24) is 19.4 Å². The smallest absolute Gasteiger partial charge is 0.338 e. The fourth-order valence-corrected chi connectivity index (χ4v) is 5.80. The lowest BCUT2D eigenvalue weighted by Crippen LogP contribution is -2.40. The number of rotatable bonds is 9. The fraction of sp³-hybridized carbons (Fsp3) is 0.310. The van der Waals surface area contributed by atoms with Gasteiger partial charge in [0.05, 0.1) is 24.2 Å². The van der Waals surface area contributed by atoms with Gasteiger partial charge in [-0.1, -0.05) is 29.8 Å². The Hall–Kier alpha value is -4.02. The van der Waals surface area contributed by atoms with Gasteiger partial charge in [-0.05, 0) is 68.7 Å². The largest absolute Gasteiger partial charge is 0.493 e. The predicted molar refractivity (Wildman–Crippen MR) is 149 cm³/mol. The number of aromatic nitrogens is 2. The number of amides is 1. The maximum Gasteiger partial charge on any atom is 0.338 e. The normalized spacial score (nSPS) is 14.7. The Morgan fingerprint density at radius 3 is 2.59 bits per heavy atom. The average Bonchev–Trinajstić information content (AvgIpc) is 3.44. The molecule has 1 aliphatic heterocycles. The van der Waals surface area contributed by atoms with Crippen molar-refractivity contribution >= 4 is 33.4 Å². The summed E-state index contributed by atoms with van der Waals surface area (Å²) < 4.78 is 12.4. The Kier molecular flexibility index (Phi) is 7.49. The molecule has 5 rings (SSSR count). The lowest BCUT2D eigenvalue weighted by Gasteiger charge is -2.30. The van der Waals surface area contributed by atoms with Crippen molar-refractivity contribution in [2.75, 3.05) is 27.3 Å². The molecule has 1 atom stereocenters. The van der Waals surface area contributed by atoms with E-state index in [1.54, 1.807) is 36.1 Å². The zero-order chi connectivity index (χ0) is 27.7. The van der Waals surface area contributed by atoms with Gasteiger partial charge in [-0.15, -0.1) is 11.3 Å². The van der Waals surface area contributed by atoms with Crippen molar-refractivity contribution in [3.05, 3.63) is 92.3 Å². The molecular formula is C29H30N4O5S. The second-order valence-corrected chi connectivity index (χ2v) is 10.5. The van der Waals surface area contributed by atoms with E-state index < -0.39 is 6.29 Å². The van der Waals surface area contributed by atoms with Gasteiger partial charge in [-0.3, -0.25) is 24.0 Å². The van der Waals surface area contributed by atoms with E-state index in [4.69, 9.17) is 9.47 Å². The maximum absolute atomic E-state index is 13.8. The molecule has 1 unspecified atom stereocenters. The van der Waals surface area contributed by atoms with Gasteiger partial charge in [-0.25, -0.2) is 9.78 Å². The minimum absolute atomic E-state index is 0.158. The van der Waals surface area contributed by atoms with E-state index in [1.165, 1.54) is 15.9 Å². The summed E-state index contributed by atoms with van der Waals surface area (Å²) in [5.74, 6) is 0.133. The molecular weight excluding hydrogens is 516 g/mol. The molecule has 1 amide bonds. The molecule has 0 N–H and O–H groups in total. The predicted octanol–water partition coefficient (Wildman–Crippen LogP) is 4.24. The van der Waals surface area contributed by atoms with Crippen LogP contribution < -0.4 is 10.3 Å². The second-order valence-electron chi connectivity index (χ2n) is 9.63. The number of thiophene rings is 1. The van der Waals surface area contributed by atoms with E-state index in [9.17, 15) is 14.4 Å². The molecule has 0 fully saturated rings. The molecule has 0 saturated carbocycles. The van der Waals surface area contributed by atoms with Crippen LogP contribution in [0.5, 0.6) is 5.75 Å². The van der Waals surface area contributed by atoms with Crippen LogP contribution in [0.3, 0.4) is 0 Å². The highest BCUT2D eigenvalue weighted by Crippen LogP contribution is 2.31. The minimum atomic E-state index is -0.584. The van der Waals surface area contributed by atoms with Crippen molar-refractivity contribution in [3.8, 4) is 5.75 Å². The standard InChI is InChI=1S/C29H30N4O5S/c1-5-37-28(36)20-9-11-22(12-10-20)38-14-13-21-17-39-25-23(21)26(34)33-24(30-25)27(35)32(29(33)31(3)4)16-19-8-6-7-18(2)15-19/h6-12,15,17,29H,5,13-14,16H2,1-4H3. The number of ether oxygens (including phenoxy) is 2. The summed E-state index contributed by atoms with van der Waals surface area (Å²) in [6.07, 6.45) is -0.0944. The summed E-state index contributed by atoms with van der Waals surface area (Å²) in [6.45, 7) is 4.80. The van der Waals surface area contributed by atoms with Crippen LogP contribution in [-0.4, -0.2) is 58.5 Å². The topological polar surface area (TPSA) is 94.0 Å². The van der Waals surface area contributed by atoms with Gasteiger partial charge in [-0.2, -0.15) is 0 Å². The summed E-state index contributed by atoms with van der Waals surface area (Å²) >= 11 is 1.35. The van der Waals surface area contributed by atoms with Crippen LogP contribution in [0.1, 0.15) is 50.9 Å². The van der Waals surface area contributed by atoms with Crippen molar-refractivity contribution in [1.29, 1.82) is 0 Å². The molecule has 3 heterocycles. The van der Waals surface area contributed by atoms with Crippen molar-refractivity contribution in [2.24, 2.45) is 0 Å². The van der Waals surface area contributed by atoms with E-state index in [1.807, 2.05) is 55.6 Å². The first-order valence-electron chi connectivity index (χ1n) is 12.7. The number of hydrogen-bond acceptors (Lipinski definition) is 8. The number of aryl methyl sites for hydroxylation is 1. The summed E-state index contributed by atoms with van der Waals surface area (Å²) in [7, 11) is 3.70. The molecule has 9 nitrogen and oxygen atoms in total. The maximum atomic E-state index is 13.8. The Balaban J connectivity index is 1.38. The van der Waals surface area contributed by atoms with E-state index in [-0.39, 0.29) is 23.3 Å². The van der Waals surface area contributed by atoms with Gasteiger partial charge < -0.3 is 9.47 Å². The third kappa shape index (κ3) is 5.17. The van der Waals surface area contributed by atoms with E-state index in [0.29, 0.717) is 47.7 Å². The van der Waals surface area contributed by atoms with Gasteiger partial charge in [0.25, 0.3) is 11.5 Å². The van der Waals surface area contributed by atoms with E-state index >= 15 is 0 Å². The highest BCUT2D eigenvalue weighted by Gasteiger charge is 2.41. The van der Waals surface area contributed by atoms with Crippen LogP contribution in [0.4, 0.5) is 0 Å². The Morgan fingerprint density at radius 2 is 1.90 bits per heavy atom. The third-order valence-electron chi connectivity index (χ3n) is 6.58. The van der Waals surface area contributed by atoms with Gasteiger partial charge >= 0.3 is 5.97 Å². The first-order valence-corrected chi connectivity index (χ1v) is 13.6. The van der Waals surface area contributed by atoms with Crippen molar-refractivity contribution in [3.63, 3.8) is 0 Å². The van der Waals surface area contributed by atoms with E-state index in [0.717, 1.165) is 16.7 Å². The molecule has 2 aromatic carbocycles. The second kappa shape index (κ2) is 11.0. The zero-order valence-electron chi connectivity index (χ0n) is 22.3. The van der Waals surface area contributed by atoms with Crippen LogP contribution in [0, 0.1) is 6.92 Å².